The molecular weight excluding hydrogens is 190 g/mol. The van der Waals surface area contributed by atoms with Crippen molar-refractivity contribution < 1.29 is 4.74 Å². The summed E-state index contributed by atoms with van der Waals surface area (Å²) in [4.78, 5) is 7.38. The molecule has 15 heavy (non-hydrogen) atoms. The third kappa shape index (κ3) is 2.34. The zero-order valence-electron chi connectivity index (χ0n) is 8.79. The van der Waals surface area contributed by atoms with Gasteiger partial charge >= 0.3 is 0 Å². The molecule has 0 aliphatic carbocycles. The highest BCUT2D eigenvalue weighted by molar-refractivity contribution is 5.79. The monoisotopic (exact) mass is 205 g/mol. The Balaban J connectivity index is 2.02. The fourth-order valence-electron chi connectivity index (χ4n) is 1.56. The predicted molar refractivity (Wildman–Crippen MR) is 59.7 cm³/mol. The van der Waals surface area contributed by atoms with Crippen molar-refractivity contribution >= 4 is 11.0 Å². The van der Waals surface area contributed by atoms with Gasteiger partial charge in [-0.2, -0.15) is 0 Å². The van der Waals surface area contributed by atoms with E-state index in [-0.39, 0.29) is 0 Å². The number of hydrogen-bond acceptors (Lipinski definition) is 3. The number of H-pyrrole nitrogens is 1. The SMILES string of the molecule is COCCNCc1c[nH]c2ncccc12. The topological polar surface area (TPSA) is 49.9 Å². The number of fused-ring (bicyclic) bond motifs is 1. The molecule has 2 rings (SSSR count). The summed E-state index contributed by atoms with van der Waals surface area (Å²) in [7, 11) is 1.71. The molecule has 0 saturated heterocycles. The average molecular weight is 205 g/mol. The summed E-state index contributed by atoms with van der Waals surface area (Å²) in [5, 5.41) is 4.49. The molecule has 0 amide bonds. The number of nitrogens with one attached hydrogen (secondary N) is 2. The first-order valence-corrected chi connectivity index (χ1v) is 5.02. The van der Waals surface area contributed by atoms with Crippen LogP contribution in [-0.2, 0) is 11.3 Å². The van der Waals surface area contributed by atoms with Crippen LogP contribution in [0, 0.1) is 0 Å². The van der Waals surface area contributed by atoms with Crippen molar-refractivity contribution in [2.45, 2.75) is 6.54 Å². The summed E-state index contributed by atoms with van der Waals surface area (Å²) in [6.07, 6.45) is 3.79. The first kappa shape index (κ1) is 10.1. The van der Waals surface area contributed by atoms with Gasteiger partial charge in [0.15, 0.2) is 0 Å². The predicted octanol–water partition coefficient (Wildman–Crippen LogP) is 1.30. The summed E-state index contributed by atoms with van der Waals surface area (Å²) in [6.45, 7) is 2.44. The smallest absolute Gasteiger partial charge is 0.137 e. The lowest BCUT2D eigenvalue weighted by Crippen LogP contribution is -2.18. The quantitative estimate of drug-likeness (QED) is 0.723. The van der Waals surface area contributed by atoms with E-state index in [2.05, 4.69) is 21.4 Å². The number of ether oxygens (including phenoxy) is 1. The van der Waals surface area contributed by atoms with Crippen LogP contribution in [0.4, 0.5) is 0 Å². The van der Waals surface area contributed by atoms with Crippen molar-refractivity contribution in [3.63, 3.8) is 0 Å². The molecule has 0 aliphatic heterocycles. The van der Waals surface area contributed by atoms with E-state index in [4.69, 9.17) is 4.74 Å². The van der Waals surface area contributed by atoms with Crippen LogP contribution in [0.5, 0.6) is 0 Å². The Hall–Kier alpha value is -1.39. The highest BCUT2D eigenvalue weighted by Crippen LogP contribution is 2.14. The Morgan fingerprint density at radius 1 is 1.53 bits per heavy atom. The minimum Gasteiger partial charge on any atom is -0.383 e. The summed E-state index contributed by atoms with van der Waals surface area (Å²) < 4.78 is 4.97. The highest BCUT2D eigenvalue weighted by Gasteiger charge is 2.02. The van der Waals surface area contributed by atoms with Crippen LogP contribution >= 0.6 is 0 Å². The van der Waals surface area contributed by atoms with Gasteiger partial charge in [0.25, 0.3) is 0 Å². The number of aromatic amines is 1. The molecule has 0 radical (unpaired) electrons. The second-order valence-electron chi connectivity index (χ2n) is 3.38. The Kier molecular flexibility index (Phi) is 3.32. The molecule has 0 bridgehead atoms. The van der Waals surface area contributed by atoms with Crippen LogP contribution in [-0.4, -0.2) is 30.2 Å². The van der Waals surface area contributed by atoms with Crippen molar-refractivity contribution in [3.05, 3.63) is 30.1 Å². The Labute approximate surface area is 88.7 Å². The molecule has 0 aromatic carbocycles. The number of methoxy groups -OCH3 is 1. The van der Waals surface area contributed by atoms with Crippen LogP contribution < -0.4 is 5.32 Å². The average Bonchev–Trinajstić information content (AvgIpc) is 2.68. The molecule has 2 aromatic rings. The second kappa shape index (κ2) is 4.91. The molecule has 80 valence electrons. The standard InChI is InChI=1S/C11H15N3O/c1-15-6-5-12-7-9-8-14-11-10(9)3-2-4-13-11/h2-4,8,12H,5-7H2,1H3,(H,13,14). The number of aromatic nitrogens is 2. The van der Waals surface area contributed by atoms with Crippen molar-refractivity contribution in [1.82, 2.24) is 15.3 Å². The largest absolute Gasteiger partial charge is 0.383 e. The molecular formula is C11H15N3O. The minimum atomic E-state index is 0.737. The zero-order chi connectivity index (χ0) is 10.5. The van der Waals surface area contributed by atoms with Crippen molar-refractivity contribution in [2.75, 3.05) is 20.3 Å². The van der Waals surface area contributed by atoms with Gasteiger partial charge in [-0.25, -0.2) is 4.98 Å². The minimum absolute atomic E-state index is 0.737. The van der Waals surface area contributed by atoms with Gasteiger partial charge in [0, 0.05) is 38.0 Å². The van der Waals surface area contributed by atoms with Crippen LogP contribution in [0.3, 0.4) is 0 Å². The van der Waals surface area contributed by atoms with E-state index >= 15 is 0 Å². The van der Waals surface area contributed by atoms with Gasteiger partial charge in [-0.15, -0.1) is 0 Å². The normalized spacial score (nSPS) is 11.0. The summed E-state index contributed by atoms with van der Waals surface area (Å²) >= 11 is 0. The molecule has 4 nitrogen and oxygen atoms in total. The highest BCUT2D eigenvalue weighted by atomic mass is 16.5. The van der Waals surface area contributed by atoms with Gasteiger partial charge in [-0.05, 0) is 17.7 Å². The van der Waals surface area contributed by atoms with Crippen molar-refractivity contribution in [1.29, 1.82) is 0 Å². The molecule has 0 spiro atoms. The van der Waals surface area contributed by atoms with Crippen LogP contribution in [0.1, 0.15) is 5.56 Å². The number of nitrogens with zero attached hydrogens (tertiary/aromatic N) is 1. The number of pyridine rings is 1. The van der Waals surface area contributed by atoms with Gasteiger partial charge < -0.3 is 15.0 Å². The van der Waals surface area contributed by atoms with E-state index < -0.39 is 0 Å². The van der Waals surface area contributed by atoms with E-state index in [0.717, 1.165) is 25.3 Å². The van der Waals surface area contributed by atoms with E-state index in [1.54, 1.807) is 13.3 Å². The fraction of sp³-hybridized carbons (Fsp3) is 0.364. The van der Waals surface area contributed by atoms with Gasteiger partial charge in [0.1, 0.15) is 5.65 Å². The Morgan fingerprint density at radius 3 is 3.33 bits per heavy atom. The molecule has 2 aromatic heterocycles. The lowest BCUT2D eigenvalue weighted by molar-refractivity contribution is 0.199. The van der Waals surface area contributed by atoms with Crippen LogP contribution in [0.15, 0.2) is 24.5 Å². The lowest BCUT2D eigenvalue weighted by Gasteiger charge is -2.02. The fourth-order valence-corrected chi connectivity index (χ4v) is 1.56. The molecule has 4 heteroatoms. The summed E-state index contributed by atoms with van der Waals surface area (Å²) in [5.74, 6) is 0. The maximum atomic E-state index is 4.97. The molecule has 0 aliphatic rings. The van der Waals surface area contributed by atoms with Gasteiger partial charge in [-0.3, -0.25) is 0 Å². The Bertz CT molecular complexity index is 424. The van der Waals surface area contributed by atoms with Gasteiger partial charge in [0.2, 0.25) is 0 Å². The third-order valence-corrected chi connectivity index (χ3v) is 2.34. The number of rotatable bonds is 5. The van der Waals surface area contributed by atoms with E-state index in [1.165, 1.54) is 10.9 Å². The molecule has 2 heterocycles. The van der Waals surface area contributed by atoms with Crippen molar-refractivity contribution in [2.24, 2.45) is 0 Å². The number of hydrogen-bond donors (Lipinski definition) is 2. The first-order valence-electron chi connectivity index (χ1n) is 5.02. The first-order chi connectivity index (χ1) is 7.42. The maximum Gasteiger partial charge on any atom is 0.137 e. The van der Waals surface area contributed by atoms with Crippen LogP contribution in [0.25, 0.3) is 11.0 Å². The van der Waals surface area contributed by atoms with Gasteiger partial charge in [0.05, 0.1) is 6.61 Å². The van der Waals surface area contributed by atoms with Gasteiger partial charge in [-0.1, -0.05) is 0 Å². The molecule has 0 atom stereocenters. The second-order valence-corrected chi connectivity index (χ2v) is 3.38. The van der Waals surface area contributed by atoms with Crippen LogP contribution in [0.2, 0.25) is 0 Å². The maximum absolute atomic E-state index is 4.97. The molecule has 0 unspecified atom stereocenters. The third-order valence-electron chi connectivity index (χ3n) is 2.34. The van der Waals surface area contributed by atoms with Crippen molar-refractivity contribution in [3.8, 4) is 0 Å². The molecule has 2 N–H and O–H groups in total. The lowest BCUT2D eigenvalue weighted by atomic mass is 10.2. The summed E-state index contributed by atoms with van der Waals surface area (Å²) in [6, 6.07) is 4.03. The Morgan fingerprint density at radius 2 is 2.47 bits per heavy atom. The van der Waals surface area contributed by atoms with E-state index in [9.17, 15) is 0 Å². The van der Waals surface area contributed by atoms with E-state index in [0.29, 0.717) is 0 Å². The zero-order valence-corrected chi connectivity index (χ0v) is 8.79. The summed E-state index contributed by atoms with van der Waals surface area (Å²) in [5.41, 5.74) is 2.19. The molecule has 0 saturated carbocycles. The van der Waals surface area contributed by atoms with E-state index in [1.807, 2.05) is 12.3 Å². The molecule has 0 fully saturated rings.